The zero-order valence-electron chi connectivity index (χ0n) is 14.8. The third-order valence-corrected chi connectivity index (χ3v) is 4.58. The second-order valence-electron chi connectivity index (χ2n) is 6.54. The van der Waals surface area contributed by atoms with Crippen molar-refractivity contribution in [3.63, 3.8) is 0 Å². The molecule has 1 aliphatic rings. The SMILES string of the molecule is CC(CO)Oc1ccc(-c2cc3ccoc3c(N3CCNCC3)n2)cc1. The van der Waals surface area contributed by atoms with Crippen LogP contribution in [0.1, 0.15) is 6.92 Å². The highest BCUT2D eigenvalue weighted by Gasteiger charge is 2.18. The number of rotatable bonds is 5. The minimum Gasteiger partial charge on any atom is -0.488 e. The first-order valence-corrected chi connectivity index (χ1v) is 8.96. The van der Waals surface area contributed by atoms with Gasteiger partial charge < -0.3 is 24.5 Å². The van der Waals surface area contributed by atoms with E-state index in [1.165, 1.54) is 0 Å². The van der Waals surface area contributed by atoms with Gasteiger partial charge in [0.2, 0.25) is 0 Å². The van der Waals surface area contributed by atoms with Crippen LogP contribution in [0.2, 0.25) is 0 Å². The van der Waals surface area contributed by atoms with Crippen LogP contribution >= 0.6 is 0 Å². The van der Waals surface area contributed by atoms with E-state index in [1.54, 1.807) is 6.26 Å². The molecule has 3 heterocycles. The molecule has 1 aliphatic heterocycles. The molecule has 0 bridgehead atoms. The molecule has 26 heavy (non-hydrogen) atoms. The van der Waals surface area contributed by atoms with Crippen molar-refractivity contribution in [3.05, 3.63) is 42.7 Å². The topological polar surface area (TPSA) is 70.8 Å². The molecule has 1 saturated heterocycles. The number of furan rings is 1. The van der Waals surface area contributed by atoms with Gasteiger partial charge in [0.25, 0.3) is 0 Å². The van der Waals surface area contributed by atoms with Crippen molar-refractivity contribution >= 4 is 16.8 Å². The fraction of sp³-hybridized carbons (Fsp3) is 0.350. The molecule has 1 unspecified atom stereocenters. The molecule has 3 aromatic rings. The molecule has 0 spiro atoms. The number of benzene rings is 1. The van der Waals surface area contributed by atoms with Crippen LogP contribution < -0.4 is 15.0 Å². The highest BCUT2D eigenvalue weighted by atomic mass is 16.5. The third kappa shape index (κ3) is 3.38. The molecule has 2 aromatic heterocycles. The molecule has 0 saturated carbocycles. The fourth-order valence-corrected chi connectivity index (χ4v) is 3.17. The Kier molecular flexibility index (Phi) is 4.77. The van der Waals surface area contributed by atoms with Crippen molar-refractivity contribution < 1.29 is 14.3 Å². The number of anilines is 1. The smallest absolute Gasteiger partial charge is 0.176 e. The van der Waals surface area contributed by atoms with E-state index in [2.05, 4.69) is 16.3 Å². The maximum atomic E-state index is 9.11. The molecule has 136 valence electrons. The number of pyridine rings is 1. The summed E-state index contributed by atoms with van der Waals surface area (Å²) >= 11 is 0. The summed E-state index contributed by atoms with van der Waals surface area (Å²) in [5.41, 5.74) is 2.77. The zero-order valence-corrected chi connectivity index (χ0v) is 14.8. The molecular weight excluding hydrogens is 330 g/mol. The molecule has 1 aromatic carbocycles. The van der Waals surface area contributed by atoms with Crippen molar-refractivity contribution in [1.82, 2.24) is 10.3 Å². The van der Waals surface area contributed by atoms with Crippen LogP contribution in [0.5, 0.6) is 5.75 Å². The van der Waals surface area contributed by atoms with E-state index in [1.807, 2.05) is 37.3 Å². The quantitative estimate of drug-likeness (QED) is 0.735. The van der Waals surface area contributed by atoms with Gasteiger partial charge in [-0.1, -0.05) is 0 Å². The van der Waals surface area contributed by atoms with Crippen molar-refractivity contribution in [2.75, 3.05) is 37.7 Å². The maximum absolute atomic E-state index is 9.11. The molecule has 2 N–H and O–H groups in total. The summed E-state index contributed by atoms with van der Waals surface area (Å²) in [6.45, 7) is 5.55. The second kappa shape index (κ2) is 7.35. The van der Waals surface area contributed by atoms with Crippen LogP contribution in [0.4, 0.5) is 5.82 Å². The van der Waals surface area contributed by atoms with Crippen molar-refractivity contribution in [2.45, 2.75) is 13.0 Å². The normalized spacial score (nSPS) is 16.0. The minimum atomic E-state index is -0.222. The molecule has 1 fully saturated rings. The number of hydrogen-bond acceptors (Lipinski definition) is 6. The largest absolute Gasteiger partial charge is 0.488 e. The molecular formula is C20H23N3O3. The highest BCUT2D eigenvalue weighted by Crippen LogP contribution is 2.31. The van der Waals surface area contributed by atoms with Gasteiger partial charge in [-0.15, -0.1) is 0 Å². The van der Waals surface area contributed by atoms with Crippen molar-refractivity contribution in [1.29, 1.82) is 0 Å². The number of nitrogens with one attached hydrogen (secondary N) is 1. The van der Waals surface area contributed by atoms with Gasteiger partial charge in [0.15, 0.2) is 11.4 Å². The Morgan fingerprint density at radius 1 is 1.23 bits per heavy atom. The van der Waals surface area contributed by atoms with Gasteiger partial charge in [-0.3, -0.25) is 0 Å². The minimum absolute atomic E-state index is 0.00544. The summed E-state index contributed by atoms with van der Waals surface area (Å²) < 4.78 is 11.3. The molecule has 6 nitrogen and oxygen atoms in total. The molecule has 0 amide bonds. The number of piperazine rings is 1. The summed E-state index contributed by atoms with van der Waals surface area (Å²) in [5, 5.41) is 13.5. The van der Waals surface area contributed by atoms with Crippen LogP contribution in [0.25, 0.3) is 22.2 Å². The average Bonchev–Trinajstić information content (AvgIpc) is 3.17. The summed E-state index contributed by atoms with van der Waals surface area (Å²) in [7, 11) is 0. The van der Waals surface area contributed by atoms with Gasteiger partial charge in [0, 0.05) is 37.1 Å². The monoisotopic (exact) mass is 353 g/mol. The van der Waals surface area contributed by atoms with Gasteiger partial charge in [0.1, 0.15) is 11.9 Å². The van der Waals surface area contributed by atoms with Gasteiger partial charge in [-0.05, 0) is 43.3 Å². The summed E-state index contributed by atoms with van der Waals surface area (Å²) in [6.07, 6.45) is 1.50. The van der Waals surface area contributed by atoms with Crippen molar-refractivity contribution in [3.8, 4) is 17.0 Å². The van der Waals surface area contributed by atoms with E-state index in [0.717, 1.165) is 60.0 Å². The number of fused-ring (bicyclic) bond motifs is 1. The molecule has 1 atom stereocenters. The maximum Gasteiger partial charge on any atom is 0.176 e. The van der Waals surface area contributed by atoms with E-state index < -0.39 is 0 Å². The summed E-state index contributed by atoms with van der Waals surface area (Å²) in [5.74, 6) is 1.64. The van der Waals surface area contributed by atoms with Crippen LogP contribution in [-0.2, 0) is 0 Å². The lowest BCUT2D eigenvalue weighted by atomic mass is 10.1. The van der Waals surface area contributed by atoms with Gasteiger partial charge in [-0.25, -0.2) is 4.98 Å². The summed E-state index contributed by atoms with van der Waals surface area (Å²) in [4.78, 5) is 7.17. The number of nitrogens with zero attached hydrogens (tertiary/aromatic N) is 2. The number of aliphatic hydroxyl groups excluding tert-OH is 1. The first-order valence-electron chi connectivity index (χ1n) is 8.96. The molecule has 0 radical (unpaired) electrons. The molecule has 4 rings (SSSR count). The van der Waals surface area contributed by atoms with Gasteiger partial charge >= 0.3 is 0 Å². The number of ether oxygens (including phenoxy) is 1. The van der Waals surface area contributed by atoms with E-state index in [0.29, 0.717) is 0 Å². The highest BCUT2D eigenvalue weighted by molar-refractivity contribution is 5.90. The standard InChI is InChI=1S/C20H23N3O3/c1-14(13-24)26-17-4-2-15(3-5-17)18-12-16-6-11-25-19(16)20(22-18)23-9-7-21-8-10-23/h2-6,11-12,14,21,24H,7-10,13H2,1H3. The first-order chi connectivity index (χ1) is 12.7. The fourth-order valence-electron chi connectivity index (χ4n) is 3.17. The Morgan fingerprint density at radius 3 is 2.73 bits per heavy atom. The predicted octanol–water partition coefficient (Wildman–Crippen LogP) is 2.66. The van der Waals surface area contributed by atoms with E-state index in [9.17, 15) is 0 Å². The number of aromatic nitrogens is 1. The summed E-state index contributed by atoms with van der Waals surface area (Å²) in [6, 6.07) is 11.8. The van der Waals surface area contributed by atoms with Crippen LogP contribution in [0.15, 0.2) is 47.1 Å². The van der Waals surface area contributed by atoms with Gasteiger partial charge in [0.05, 0.1) is 18.6 Å². The van der Waals surface area contributed by atoms with Gasteiger partial charge in [-0.2, -0.15) is 0 Å². The lowest BCUT2D eigenvalue weighted by molar-refractivity contribution is 0.130. The first kappa shape index (κ1) is 16.9. The van der Waals surface area contributed by atoms with Crippen LogP contribution in [0.3, 0.4) is 0 Å². The van der Waals surface area contributed by atoms with E-state index >= 15 is 0 Å². The van der Waals surface area contributed by atoms with E-state index in [4.69, 9.17) is 19.2 Å². The Labute approximate surface area is 152 Å². The number of aliphatic hydroxyl groups is 1. The Hall–Kier alpha value is -2.57. The third-order valence-electron chi connectivity index (χ3n) is 4.58. The average molecular weight is 353 g/mol. The van der Waals surface area contributed by atoms with E-state index in [-0.39, 0.29) is 12.7 Å². The Balaban J connectivity index is 1.68. The lowest BCUT2D eigenvalue weighted by Crippen LogP contribution is -2.44. The van der Waals surface area contributed by atoms with Crippen LogP contribution in [0, 0.1) is 0 Å². The molecule has 6 heteroatoms. The zero-order chi connectivity index (χ0) is 17.9. The van der Waals surface area contributed by atoms with Crippen LogP contribution in [-0.4, -0.2) is 49.0 Å². The predicted molar refractivity (Wildman–Crippen MR) is 102 cm³/mol. The molecule has 0 aliphatic carbocycles. The Morgan fingerprint density at radius 2 is 2.00 bits per heavy atom. The Bertz CT molecular complexity index is 870. The number of hydrogen-bond donors (Lipinski definition) is 2. The lowest BCUT2D eigenvalue weighted by Gasteiger charge is -2.28. The van der Waals surface area contributed by atoms with Crippen molar-refractivity contribution in [2.24, 2.45) is 0 Å². The second-order valence-corrected chi connectivity index (χ2v) is 6.54.